The molecule has 2 N–H and O–H groups in total. The number of nitrogens with one attached hydrogen (secondary N) is 1. The molecule has 37 heavy (non-hydrogen) atoms. The Labute approximate surface area is 219 Å². The van der Waals surface area contributed by atoms with Crippen molar-refractivity contribution in [3.8, 4) is 0 Å². The Morgan fingerprint density at radius 2 is 1.73 bits per heavy atom. The molecule has 11 heteroatoms. The number of aliphatic hydroxyl groups excluding tert-OH is 1. The summed E-state index contributed by atoms with van der Waals surface area (Å²) in [7, 11) is -3.15. The molecule has 0 spiro atoms. The van der Waals surface area contributed by atoms with Crippen LogP contribution >= 0.6 is 0 Å². The van der Waals surface area contributed by atoms with Crippen LogP contribution in [-0.2, 0) is 10.0 Å². The molecule has 1 aromatic heterocycles. The zero-order valence-electron chi connectivity index (χ0n) is 22.1. The van der Waals surface area contributed by atoms with Crippen molar-refractivity contribution in [3.05, 3.63) is 30.0 Å². The van der Waals surface area contributed by atoms with Gasteiger partial charge in [-0.25, -0.2) is 8.42 Å². The number of fused-ring (bicyclic) bond motifs is 3. The molecule has 1 aromatic carbocycles. The molecule has 3 aliphatic heterocycles. The maximum absolute atomic E-state index is 13.3. The summed E-state index contributed by atoms with van der Waals surface area (Å²) < 4.78 is 26.9. The number of aliphatic hydroxyl groups is 1. The highest BCUT2D eigenvalue weighted by Gasteiger charge is 2.42. The summed E-state index contributed by atoms with van der Waals surface area (Å²) in [5, 5.41) is 19.7. The van der Waals surface area contributed by atoms with E-state index < -0.39 is 16.1 Å². The van der Waals surface area contributed by atoms with Crippen LogP contribution in [0.5, 0.6) is 0 Å². The minimum Gasteiger partial charge on any atom is -0.390 e. The van der Waals surface area contributed by atoms with E-state index >= 15 is 0 Å². The number of rotatable bonds is 8. The van der Waals surface area contributed by atoms with E-state index in [2.05, 4.69) is 34.1 Å². The first-order valence-electron chi connectivity index (χ1n) is 13.5. The molecule has 204 valence electrons. The Kier molecular flexibility index (Phi) is 7.61. The van der Waals surface area contributed by atoms with Gasteiger partial charge in [0.2, 0.25) is 10.0 Å². The summed E-state index contributed by atoms with van der Waals surface area (Å²) in [5.74, 6) is -0.110. The molecule has 2 bridgehead atoms. The second kappa shape index (κ2) is 10.6. The molecular formula is C26H40N6O4S. The molecule has 1 unspecified atom stereocenters. The van der Waals surface area contributed by atoms with E-state index in [1.54, 1.807) is 0 Å². The van der Waals surface area contributed by atoms with Gasteiger partial charge < -0.3 is 10.4 Å². The molecule has 2 aromatic rings. The minimum absolute atomic E-state index is 0.102. The third kappa shape index (κ3) is 5.70. The fourth-order valence-electron chi connectivity index (χ4n) is 6.44. The highest BCUT2D eigenvalue weighted by Crippen LogP contribution is 2.36. The number of hydrogen-bond acceptors (Lipinski definition) is 7. The van der Waals surface area contributed by atoms with Crippen LogP contribution in [0.2, 0.25) is 0 Å². The van der Waals surface area contributed by atoms with Gasteiger partial charge in [0.1, 0.15) is 0 Å². The number of benzene rings is 1. The number of hydrogen-bond donors (Lipinski definition) is 2. The van der Waals surface area contributed by atoms with Gasteiger partial charge >= 0.3 is 0 Å². The number of nitrogens with zero attached hydrogens (tertiary/aromatic N) is 5. The molecule has 10 nitrogen and oxygen atoms in total. The predicted molar refractivity (Wildman–Crippen MR) is 143 cm³/mol. The van der Waals surface area contributed by atoms with Crippen LogP contribution in [0.4, 0.5) is 0 Å². The van der Waals surface area contributed by atoms with Crippen LogP contribution in [0.1, 0.15) is 56.1 Å². The molecular weight excluding hydrogens is 492 g/mol. The smallest absolute Gasteiger partial charge is 0.272 e. The number of para-hydroxylation sites is 1. The van der Waals surface area contributed by atoms with Crippen LogP contribution in [0.25, 0.3) is 10.9 Å². The van der Waals surface area contributed by atoms with E-state index in [1.807, 2.05) is 28.9 Å². The first kappa shape index (κ1) is 26.6. The highest BCUT2D eigenvalue weighted by molar-refractivity contribution is 7.88. The second-order valence-electron chi connectivity index (χ2n) is 11.2. The number of piperazine rings is 1. The highest BCUT2D eigenvalue weighted by atomic mass is 32.2. The van der Waals surface area contributed by atoms with Gasteiger partial charge in [-0.2, -0.15) is 9.40 Å². The Morgan fingerprint density at radius 1 is 1.08 bits per heavy atom. The molecule has 0 saturated carbocycles. The van der Waals surface area contributed by atoms with Crippen molar-refractivity contribution in [2.45, 2.75) is 69.8 Å². The Morgan fingerprint density at radius 3 is 2.35 bits per heavy atom. The van der Waals surface area contributed by atoms with Gasteiger partial charge in [-0.1, -0.05) is 18.2 Å². The van der Waals surface area contributed by atoms with E-state index in [9.17, 15) is 18.3 Å². The third-order valence-electron chi connectivity index (χ3n) is 8.23. The van der Waals surface area contributed by atoms with Gasteiger partial charge in [0, 0.05) is 68.8 Å². The number of amides is 1. The van der Waals surface area contributed by atoms with E-state index in [4.69, 9.17) is 0 Å². The van der Waals surface area contributed by atoms with Gasteiger partial charge in [-0.15, -0.1) is 0 Å². The summed E-state index contributed by atoms with van der Waals surface area (Å²) in [4.78, 5) is 17.9. The van der Waals surface area contributed by atoms with Gasteiger partial charge in [0.25, 0.3) is 5.91 Å². The number of piperidine rings is 1. The van der Waals surface area contributed by atoms with E-state index in [-0.39, 0.29) is 18.0 Å². The maximum Gasteiger partial charge on any atom is 0.272 e. The lowest BCUT2D eigenvalue weighted by atomic mass is 9.96. The van der Waals surface area contributed by atoms with Gasteiger partial charge in [0.15, 0.2) is 5.69 Å². The molecule has 3 aliphatic rings. The summed E-state index contributed by atoms with van der Waals surface area (Å²) >= 11 is 0. The second-order valence-corrected chi connectivity index (χ2v) is 13.2. The number of β-amino-alcohol motifs (C(OH)–C–C–N with tert-alkyl or cyclic N) is 1. The number of carbonyl (C=O) groups excluding carboxylic acids is 1. The van der Waals surface area contributed by atoms with Crippen molar-refractivity contribution in [2.24, 2.45) is 0 Å². The minimum atomic E-state index is -3.15. The zero-order valence-corrected chi connectivity index (χ0v) is 22.9. The SMILES string of the molecule is CC(C)n1nc(C(=O)NC2C[C@@H]3CC[C@@H](C2)N3CC(O)CN2CCN(S(C)(=O)=O)CC2)c2ccccc21. The molecule has 5 rings (SSSR count). The standard InChI is InChI=1S/C26H40N6O4S/c1-18(2)32-24-7-5-4-6-23(24)25(28-32)26(34)27-19-14-20-8-9-21(15-19)31(20)17-22(33)16-29-10-12-30(13-11-29)37(3,35)36/h4-7,18-22,33H,8-17H2,1-3H3,(H,27,34)/t20-,21-,22?/m0/s1. The summed E-state index contributed by atoms with van der Waals surface area (Å²) in [6, 6.07) is 8.87. The van der Waals surface area contributed by atoms with Crippen LogP contribution in [-0.4, -0.2) is 113 Å². The average molecular weight is 533 g/mol. The first-order valence-corrected chi connectivity index (χ1v) is 15.3. The Balaban J connectivity index is 1.15. The maximum atomic E-state index is 13.3. The lowest BCUT2D eigenvalue weighted by Crippen LogP contribution is -2.54. The fourth-order valence-corrected chi connectivity index (χ4v) is 7.26. The lowest BCUT2D eigenvalue weighted by molar-refractivity contribution is 0.0276. The van der Waals surface area contributed by atoms with Gasteiger partial charge in [0.05, 0.1) is 17.9 Å². The normalized spacial score (nSPS) is 26.7. The molecule has 1 amide bonds. The van der Waals surface area contributed by atoms with E-state index in [1.165, 1.54) is 10.6 Å². The number of sulfonamides is 1. The molecule has 0 aliphatic carbocycles. The molecule has 4 heterocycles. The molecule has 3 saturated heterocycles. The molecule has 3 atom stereocenters. The van der Waals surface area contributed by atoms with Crippen molar-refractivity contribution in [1.82, 2.24) is 29.2 Å². The first-order chi connectivity index (χ1) is 17.6. The van der Waals surface area contributed by atoms with Gasteiger partial charge in [-0.05, 0) is 45.6 Å². The largest absolute Gasteiger partial charge is 0.390 e. The van der Waals surface area contributed by atoms with Crippen molar-refractivity contribution in [3.63, 3.8) is 0 Å². The van der Waals surface area contributed by atoms with Crippen molar-refractivity contribution < 1.29 is 18.3 Å². The Bertz CT molecular complexity index is 1210. The van der Waals surface area contributed by atoms with Crippen molar-refractivity contribution in [1.29, 1.82) is 0 Å². The molecule has 3 fully saturated rings. The predicted octanol–water partition coefficient (Wildman–Crippen LogP) is 1.28. The summed E-state index contributed by atoms with van der Waals surface area (Å²) in [6.07, 6.45) is 4.70. The van der Waals surface area contributed by atoms with Crippen LogP contribution < -0.4 is 5.32 Å². The van der Waals surface area contributed by atoms with Crippen LogP contribution in [0, 0.1) is 0 Å². The summed E-state index contributed by atoms with van der Waals surface area (Å²) in [5.41, 5.74) is 1.47. The summed E-state index contributed by atoms with van der Waals surface area (Å²) in [6.45, 7) is 7.56. The van der Waals surface area contributed by atoms with Crippen LogP contribution in [0.3, 0.4) is 0 Å². The monoisotopic (exact) mass is 532 g/mol. The van der Waals surface area contributed by atoms with E-state index in [0.717, 1.165) is 36.6 Å². The quantitative estimate of drug-likeness (QED) is 0.527. The third-order valence-corrected chi connectivity index (χ3v) is 9.53. The van der Waals surface area contributed by atoms with Crippen molar-refractivity contribution >= 4 is 26.8 Å². The number of carbonyl (C=O) groups is 1. The molecule has 0 radical (unpaired) electrons. The number of aromatic nitrogens is 2. The fraction of sp³-hybridized carbons (Fsp3) is 0.692. The van der Waals surface area contributed by atoms with E-state index in [0.29, 0.717) is 57.0 Å². The van der Waals surface area contributed by atoms with Crippen molar-refractivity contribution in [2.75, 3.05) is 45.5 Å². The van der Waals surface area contributed by atoms with Crippen LogP contribution in [0.15, 0.2) is 24.3 Å². The topological polar surface area (TPSA) is 111 Å². The zero-order chi connectivity index (χ0) is 26.3. The average Bonchev–Trinajstić information content (AvgIpc) is 3.33. The lowest BCUT2D eigenvalue weighted by Gasteiger charge is -2.41. The van der Waals surface area contributed by atoms with Gasteiger partial charge in [-0.3, -0.25) is 19.3 Å². The Hall–Kier alpha value is -2.05.